The highest BCUT2D eigenvalue weighted by Gasteiger charge is 2.27. The monoisotopic (exact) mass is 260 g/mol. The van der Waals surface area contributed by atoms with Gasteiger partial charge < -0.3 is 0 Å². The van der Waals surface area contributed by atoms with Gasteiger partial charge in [-0.2, -0.15) is 0 Å². The van der Waals surface area contributed by atoms with Gasteiger partial charge in [0.1, 0.15) is 0 Å². The number of nitrogens with one attached hydrogen (secondary N) is 1. The van der Waals surface area contributed by atoms with Gasteiger partial charge in [0.05, 0.1) is 0 Å². The van der Waals surface area contributed by atoms with Crippen molar-refractivity contribution >= 4 is 0 Å². The van der Waals surface area contributed by atoms with E-state index in [0.717, 1.165) is 5.92 Å². The van der Waals surface area contributed by atoms with Gasteiger partial charge in [-0.3, -0.25) is 11.3 Å². The zero-order chi connectivity index (χ0) is 13.7. The average Bonchev–Trinajstić information content (AvgIpc) is 2.42. The molecule has 106 valence electrons. The van der Waals surface area contributed by atoms with Crippen molar-refractivity contribution in [1.29, 1.82) is 0 Å². The first-order valence-electron chi connectivity index (χ1n) is 7.77. The van der Waals surface area contributed by atoms with Gasteiger partial charge in [-0.25, -0.2) is 0 Å². The first kappa shape index (κ1) is 14.5. The lowest BCUT2D eigenvalue weighted by atomic mass is 9.75. The minimum absolute atomic E-state index is 0.322. The molecule has 3 N–H and O–H groups in total. The molecule has 1 fully saturated rings. The Kier molecular flexibility index (Phi) is 5.41. The fraction of sp³-hybridized carbons (Fsp3) is 0.647. The largest absolute Gasteiger partial charge is 0.271 e. The van der Waals surface area contributed by atoms with Gasteiger partial charge in [-0.15, -0.1) is 0 Å². The molecule has 2 heteroatoms. The van der Waals surface area contributed by atoms with Crippen LogP contribution >= 0.6 is 0 Å². The molecular weight excluding hydrogens is 232 g/mol. The van der Waals surface area contributed by atoms with Crippen LogP contribution in [0.4, 0.5) is 0 Å². The molecule has 1 saturated carbocycles. The maximum Gasteiger partial charge on any atom is 0.0488 e. The third-order valence-electron chi connectivity index (χ3n) is 4.64. The summed E-state index contributed by atoms with van der Waals surface area (Å²) in [5, 5.41) is 0. The molecule has 0 radical (unpaired) electrons. The Morgan fingerprint density at radius 2 is 2.00 bits per heavy atom. The van der Waals surface area contributed by atoms with E-state index >= 15 is 0 Å². The molecule has 0 spiro atoms. The molecule has 0 heterocycles. The fourth-order valence-electron chi connectivity index (χ4n) is 3.59. The first-order chi connectivity index (χ1) is 9.24. The third kappa shape index (κ3) is 3.80. The molecular formula is C17H28N2. The molecule has 0 aliphatic heterocycles. The van der Waals surface area contributed by atoms with E-state index in [1.807, 2.05) is 0 Å². The Morgan fingerprint density at radius 3 is 2.58 bits per heavy atom. The predicted octanol–water partition coefficient (Wildman–Crippen LogP) is 4.11. The van der Waals surface area contributed by atoms with Crippen LogP contribution in [0.2, 0.25) is 0 Å². The normalized spacial score (nSPS) is 25.2. The smallest absolute Gasteiger partial charge is 0.0488 e. The van der Waals surface area contributed by atoms with Crippen LogP contribution < -0.4 is 11.3 Å². The zero-order valence-corrected chi connectivity index (χ0v) is 12.4. The van der Waals surface area contributed by atoms with Crippen molar-refractivity contribution in [2.75, 3.05) is 0 Å². The standard InChI is InChI=1S/C17H28N2/c1-3-5-14-8-10-15(11-9-14)17(19-18)16-7-4-6-13(2)12-16/h4,6-7,12,14-15,17,19H,3,5,8-11,18H2,1-2H3. The Labute approximate surface area is 117 Å². The zero-order valence-electron chi connectivity index (χ0n) is 12.4. The summed E-state index contributed by atoms with van der Waals surface area (Å²) in [5.41, 5.74) is 5.73. The van der Waals surface area contributed by atoms with Crippen LogP contribution in [0.5, 0.6) is 0 Å². The van der Waals surface area contributed by atoms with Crippen molar-refractivity contribution in [2.45, 2.75) is 58.4 Å². The van der Waals surface area contributed by atoms with Crippen LogP contribution in [-0.2, 0) is 0 Å². The lowest BCUT2D eigenvalue weighted by Gasteiger charge is -2.34. The van der Waals surface area contributed by atoms with Crippen LogP contribution in [0.25, 0.3) is 0 Å². The minimum Gasteiger partial charge on any atom is -0.271 e. The van der Waals surface area contributed by atoms with Crippen molar-refractivity contribution in [2.24, 2.45) is 17.7 Å². The number of hydrogen-bond donors (Lipinski definition) is 2. The SMILES string of the molecule is CCCC1CCC(C(NN)c2cccc(C)c2)CC1. The van der Waals surface area contributed by atoms with Gasteiger partial charge in [-0.1, -0.05) is 62.4 Å². The van der Waals surface area contributed by atoms with Gasteiger partial charge in [0.15, 0.2) is 0 Å². The first-order valence-corrected chi connectivity index (χ1v) is 7.77. The van der Waals surface area contributed by atoms with Crippen molar-refractivity contribution in [3.05, 3.63) is 35.4 Å². The number of hydrogen-bond acceptors (Lipinski definition) is 2. The molecule has 19 heavy (non-hydrogen) atoms. The predicted molar refractivity (Wildman–Crippen MR) is 81.6 cm³/mol. The third-order valence-corrected chi connectivity index (χ3v) is 4.64. The maximum absolute atomic E-state index is 5.83. The molecule has 1 unspecified atom stereocenters. The topological polar surface area (TPSA) is 38.0 Å². The average molecular weight is 260 g/mol. The molecule has 0 bridgehead atoms. The molecule has 0 amide bonds. The van der Waals surface area contributed by atoms with Crippen LogP contribution in [0.15, 0.2) is 24.3 Å². The van der Waals surface area contributed by atoms with Crippen molar-refractivity contribution in [3.63, 3.8) is 0 Å². The van der Waals surface area contributed by atoms with E-state index in [1.54, 1.807) is 0 Å². The van der Waals surface area contributed by atoms with Crippen molar-refractivity contribution in [3.8, 4) is 0 Å². The van der Waals surface area contributed by atoms with E-state index in [2.05, 4.69) is 43.5 Å². The van der Waals surface area contributed by atoms with Gasteiger partial charge in [0.25, 0.3) is 0 Å². The molecule has 0 aromatic heterocycles. The minimum atomic E-state index is 0.322. The Hall–Kier alpha value is -0.860. The Bertz CT molecular complexity index is 381. The van der Waals surface area contributed by atoms with Gasteiger partial charge in [-0.05, 0) is 37.2 Å². The van der Waals surface area contributed by atoms with E-state index in [1.165, 1.54) is 49.7 Å². The Morgan fingerprint density at radius 1 is 1.26 bits per heavy atom. The highest BCUT2D eigenvalue weighted by molar-refractivity contribution is 5.25. The number of nitrogens with two attached hydrogens (primary N) is 1. The maximum atomic E-state index is 5.83. The summed E-state index contributed by atoms with van der Waals surface area (Å²) in [7, 11) is 0. The van der Waals surface area contributed by atoms with E-state index in [-0.39, 0.29) is 0 Å². The van der Waals surface area contributed by atoms with E-state index < -0.39 is 0 Å². The number of hydrazine groups is 1. The summed E-state index contributed by atoms with van der Waals surface area (Å²) in [5.74, 6) is 7.48. The van der Waals surface area contributed by atoms with Crippen LogP contribution in [0.1, 0.15) is 62.6 Å². The van der Waals surface area contributed by atoms with Crippen molar-refractivity contribution < 1.29 is 0 Å². The van der Waals surface area contributed by atoms with Gasteiger partial charge >= 0.3 is 0 Å². The lowest BCUT2D eigenvalue weighted by molar-refractivity contribution is 0.215. The van der Waals surface area contributed by atoms with E-state index in [0.29, 0.717) is 12.0 Å². The lowest BCUT2D eigenvalue weighted by Crippen LogP contribution is -2.35. The van der Waals surface area contributed by atoms with Crippen LogP contribution in [0.3, 0.4) is 0 Å². The molecule has 1 aromatic rings. The summed E-state index contributed by atoms with van der Waals surface area (Å²) in [6.45, 7) is 4.44. The number of rotatable bonds is 5. The highest BCUT2D eigenvalue weighted by atomic mass is 15.2. The quantitative estimate of drug-likeness (QED) is 0.617. The molecule has 1 atom stereocenters. The van der Waals surface area contributed by atoms with Crippen molar-refractivity contribution in [1.82, 2.24) is 5.43 Å². The second-order valence-electron chi connectivity index (χ2n) is 6.13. The summed E-state index contributed by atoms with van der Waals surface area (Å²) in [6, 6.07) is 9.08. The number of benzene rings is 1. The number of aryl methyl sites for hydroxylation is 1. The van der Waals surface area contributed by atoms with Crippen LogP contribution in [-0.4, -0.2) is 0 Å². The van der Waals surface area contributed by atoms with E-state index in [4.69, 9.17) is 5.84 Å². The molecule has 2 nitrogen and oxygen atoms in total. The molecule has 2 rings (SSSR count). The second kappa shape index (κ2) is 7.06. The van der Waals surface area contributed by atoms with Gasteiger partial charge in [0, 0.05) is 6.04 Å². The molecule has 0 saturated heterocycles. The Balaban J connectivity index is 1.99. The summed E-state index contributed by atoms with van der Waals surface area (Å²) < 4.78 is 0. The summed E-state index contributed by atoms with van der Waals surface area (Å²) >= 11 is 0. The van der Waals surface area contributed by atoms with Crippen LogP contribution in [0, 0.1) is 18.8 Å². The van der Waals surface area contributed by atoms with Gasteiger partial charge in [0.2, 0.25) is 0 Å². The molecule has 1 aliphatic carbocycles. The second-order valence-corrected chi connectivity index (χ2v) is 6.13. The molecule has 1 aromatic carbocycles. The molecule has 1 aliphatic rings. The van der Waals surface area contributed by atoms with E-state index in [9.17, 15) is 0 Å². The summed E-state index contributed by atoms with van der Waals surface area (Å²) in [6.07, 6.45) is 8.11. The fourth-order valence-corrected chi connectivity index (χ4v) is 3.59. The summed E-state index contributed by atoms with van der Waals surface area (Å²) in [4.78, 5) is 0. The highest BCUT2D eigenvalue weighted by Crippen LogP contribution is 2.38.